The lowest BCUT2D eigenvalue weighted by Crippen LogP contribution is -2.05. The molecule has 5 heteroatoms. The molecule has 19 heavy (non-hydrogen) atoms. The van der Waals surface area contributed by atoms with Gasteiger partial charge in [0, 0.05) is 18.7 Å². The maximum absolute atomic E-state index is 10.6. The molecule has 0 spiro atoms. The van der Waals surface area contributed by atoms with E-state index < -0.39 is 4.92 Å². The number of non-ortho nitro benzene ring substituents is 1. The highest BCUT2D eigenvalue weighted by atomic mass is 35.5. The second kappa shape index (κ2) is 6.57. The highest BCUT2D eigenvalue weighted by Gasteiger charge is 2.09. The van der Waals surface area contributed by atoms with Gasteiger partial charge in [0.2, 0.25) is 0 Å². The number of anilines is 1. The van der Waals surface area contributed by atoms with Gasteiger partial charge < -0.3 is 5.32 Å². The summed E-state index contributed by atoms with van der Waals surface area (Å²) in [5.41, 5.74) is 2.27. The molecule has 1 aromatic rings. The van der Waals surface area contributed by atoms with Crippen molar-refractivity contribution in [3.63, 3.8) is 0 Å². The van der Waals surface area contributed by atoms with Gasteiger partial charge in [-0.25, -0.2) is 0 Å². The molecule has 0 saturated heterocycles. The minimum absolute atomic E-state index is 0.0190. The predicted octanol–water partition coefficient (Wildman–Crippen LogP) is 4.55. The van der Waals surface area contributed by atoms with E-state index >= 15 is 0 Å². The molecule has 0 amide bonds. The lowest BCUT2D eigenvalue weighted by atomic mass is 9.97. The lowest BCUT2D eigenvalue weighted by Gasteiger charge is -2.14. The summed E-state index contributed by atoms with van der Waals surface area (Å²) < 4.78 is 0. The summed E-state index contributed by atoms with van der Waals surface area (Å²) in [5.74, 6) is 0. The Hall–Kier alpha value is -1.55. The van der Waals surface area contributed by atoms with Gasteiger partial charge in [-0.3, -0.25) is 10.1 Å². The largest absolute Gasteiger partial charge is 0.384 e. The predicted molar refractivity (Wildman–Crippen MR) is 77.8 cm³/mol. The molecule has 0 fully saturated rings. The van der Waals surface area contributed by atoms with Crippen molar-refractivity contribution in [1.82, 2.24) is 0 Å². The molecule has 0 unspecified atom stereocenters. The number of rotatable bonds is 5. The monoisotopic (exact) mass is 280 g/mol. The van der Waals surface area contributed by atoms with Crippen LogP contribution in [-0.2, 0) is 0 Å². The minimum atomic E-state index is -0.442. The summed E-state index contributed by atoms with van der Waals surface area (Å²) in [6.45, 7) is 0.809. The van der Waals surface area contributed by atoms with E-state index in [1.807, 2.05) is 0 Å². The Kier molecular flexibility index (Phi) is 4.80. The topological polar surface area (TPSA) is 55.2 Å². The summed E-state index contributed by atoms with van der Waals surface area (Å²) in [6, 6.07) is 4.51. The van der Waals surface area contributed by atoms with Crippen LogP contribution < -0.4 is 5.32 Å². The van der Waals surface area contributed by atoms with E-state index in [1.54, 1.807) is 6.07 Å². The Labute approximate surface area is 117 Å². The first-order valence-electron chi connectivity index (χ1n) is 6.52. The van der Waals surface area contributed by atoms with Crippen molar-refractivity contribution in [3.05, 3.63) is 45.0 Å². The van der Waals surface area contributed by atoms with Crippen LogP contribution in [0.2, 0.25) is 5.02 Å². The van der Waals surface area contributed by atoms with Gasteiger partial charge in [-0.1, -0.05) is 23.3 Å². The Balaban J connectivity index is 1.89. The van der Waals surface area contributed by atoms with Crippen LogP contribution in [0.4, 0.5) is 11.4 Å². The molecule has 0 saturated carbocycles. The maximum Gasteiger partial charge on any atom is 0.271 e. The highest BCUT2D eigenvalue weighted by molar-refractivity contribution is 6.33. The van der Waals surface area contributed by atoms with Crippen molar-refractivity contribution in [2.75, 3.05) is 11.9 Å². The second-order valence-electron chi connectivity index (χ2n) is 4.71. The Bertz CT molecular complexity index is 500. The molecule has 0 aromatic heterocycles. The maximum atomic E-state index is 10.6. The van der Waals surface area contributed by atoms with Crippen molar-refractivity contribution >= 4 is 23.0 Å². The molecule has 0 radical (unpaired) electrons. The summed E-state index contributed by atoms with van der Waals surface area (Å²) in [6.07, 6.45) is 8.29. The number of nitro groups is 1. The molecule has 0 bridgehead atoms. The fourth-order valence-corrected chi connectivity index (χ4v) is 2.49. The highest BCUT2D eigenvalue weighted by Crippen LogP contribution is 2.27. The van der Waals surface area contributed by atoms with Crippen LogP contribution in [0.5, 0.6) is 0 Å². The molecule has 4 nitrogen and oxygen atoms in total. The van der Waals surface area contributed by atoms with E-state index in [2.05, 4.69) is 11.4 Å². The third kappa shape index (κ3) is 3.96. The second-order valence-corrected chi connectivity index (χ2v) is 5.11. The lowest BCUT2D eigenvalue weighted by molar-refractivity contribution is -0.384. The zero-order chi connectivity index (χ0) is 13.7. The number of nitrogens with zero attached hydrogens (tertiary/aromatic N) is 1. The Morgan fingerprint density at radius 2 is 2.21 bits per heavy atom. The van der Waals surface area contributed by atoms with Crippen LogP contribution in [0.1, 0.15) is 32.1 Å². The number of allylic oxidation sites excluding steroid dienone is 1. The fraction of sp³-hybridized carbons (Fsp3) is 0.429. The summed E-state index contributed by atoms with van der Waals surface area (Å²) in [4.78, 5) is 10.2. The van der Waals surface area contributed by atoms with E-state index in [-0.39, 0.29) is 5.69 Å². The van der Waals surface area contributed by atoms with Crippen LogP contribution in [0.25, 0.3) is 0 Å². The average molecular weight is 281 g/mol. The molecular formula is C14H17ClN2O2. The fourth-order valence-electron chi connectivity index (χ4n) is 2.25. The van der Waals surface area contributed by atoms with Crippen molar-refractivity contribution in [3.8, 4) is 0 Å². The van der Waals surface area contributed by atoms with Gasteiger partial charge in [-0.05, 0) is 38.2 Å². The van der Waals surface area contributed by atoms with E-state index in [9.17, 15) is 10.1 Å². The number of nitrogens with one attached hydrogen (secondary N) is 1. The number of halogens is 1. The first-order valence-corrected chi connectivity index (χ1v) is 6.90. The normalized spacial score (nSPS) is 14.9. The third-order valence-corrected chi connectivity index (χ3v) is 3.62. The van der Waals surface area contributed by atoms with Gasteiger partial charge in [0.05, 0.1) is 15.6 Å². The van der Waals surface area contributed by atoms with E-state index in [1.165, 1.54) is 43.4 Å². The molecule has 1 aliphatic rings. The molecule has 0 atom stereocenters. The van der Waals surface area contributed by atoms with Crippen LogP contribution >= 0.6 is 11.6 Å². The average Bonchev–Trinajstić information content (AvgIpc) is 2.41. The smallest absolute Gasteiger partial charge is 0.271 e. The number of nitro benzene ring substituents is 1. The van der Waals surface area contributed by atoms with Crippen molar-refractivity contribution in [2.24, 2.45) is 0 Å². The van der Waals surface area contributed by atoms with Crippen molar-refractivity contribution in [2.45, 2.75) is 32.1 Å². The van der Waals surface area contributed by atoms with Crippen LogP contribution in [-0.4, -0.2) is 11.5 Å². The van der Waals surface area contributed by atoms with E-state index in [0.29, 0.717) is 5.02 Å². The molecule has 102 valence electrons. The van der Waals surface area contributed by atoms with Crippen LogP contribution in [0.15, 0.2) is 29.8 Å². The summed E-state index contributed by atoms with van der Waals surface area (Å²) >= 11 is 6.01. The molecular weight excluding hydrogens is 264 g/mol. The Morgan fingerprint density at radius 3 is 2.84 bits per heavy atom. The quantitative estimate of drug-likeness (QED) is 0.489. The third-order valence-electron chi connectivity index (χ3n) is 3.31. The number of hydrogen-bond acceptors (Lipinski definition) is 3. The first-order chi connectivity index (χ1) is 9.16. The van der Waals surface area contributed by atoms with Crippen molar-refractivity contribution < 1.29 is 4.92 Å². The zero-order valence-corrected chi connectivity index (χ0v) is 11.4. The van der Waals surface area contributed by atoms with Crippen LogP contribution in [0.3, 0.4) is 0 Å². The summed E-state index contributed by atoms with van der Waals surface area (Å²) in [7, 11) is 0. The first kappa shape index (κ1) is 13.9. The molecule has 1 N–H and O–H groups in total. The molecule has 2 rings (SSSR count). The molecule has 0 heterocycles. The number of benzene rings is 1. The minimum Gasteiger partial charge on any atom is -0.384 e. The number of hydrogen-bond donors (Lipinski definition) is 1. The van der Waals surface area contributed by atoms with Gasteiger partial charge in [0.25, 0.3) is 5.69 Å². The molecule has 0 aliphatic heterocycles. The Morgan fingerprint density at radius 1 is 1.37 bits per heavy atom. The van der Waals surface area contributed by atoms with Crippen molar-refractivity contribution in [1.29, 1.82) is 0 Å². The molecule has 1 aliphatic carbocycles. The summed E-state index contributed by atoms with van der Waals surface area (Å²) in [5, 5.41) is 14.2. The van der Waals surface area contributed by atoms with Gasteiger partial charge in [-0.15, -0.1) is 0 Å². The molecule has 1 aromatic carbocycles. The van der Waals surface area contributed by atoms with E-state index in [0.717, 1.165) is 18.7 Å². The van der Waals surface area contributed by atoms with E-state index in [4.69, 9.17) is 11.6 Å². The standard InChI is InChI=1S/C14H17ClN2O2/c15-13-10-12(17(18)19)6-7-14(13)16-9-8-11-4-2-1-3-5-11/h4,6-7,10,16H,1-3,5,8-9H2. The SMILES string of the molecule is O=[N+]([O-])c1ccc(NCCC2=CCCCC2)c(Cl)c1. The zero-order valence-electron chi connectivity index (χ0n) is 10.7. The van der Waals surface area contributed by atoms with Gasteiger partial charge in [0.1, 0.15) is 0 Å². The van der Waals surface area contributed by atoms with Gasteiger partial charge in [-0.2, -0.15) is 0 Å². The van der Waals surface area contributed by atoms with Gasteiger partial charge in [0.15, 0.2) is 0 Å². The van der Waals surface area contributed by atoms with Crippen LogP contribution in [0, 0.1) is 10.1 Å². The van der Waals surface area contributed by atoms with Gasteiger partial charge >= 0.3 is 0 Å².